The Morgan fingerprint density at radius 3 is 2.23 bits per heavy atom. The monoisotopic (exact) mass is 985 g/mol. The largest absolute Gasteiger partial charge is 0.462 e. The van der Waals surface area contributed by atoms with Crippen LogP contribution in [0.3, 0.4) is 0 Å². The summed E-state index contributed by atoms with van der Waals surface area (Å²) in [5, 5.41) is 59.9. The molecule has 1 aromatic heterocycles. The maximum absolute atomic E-state index is 14.9. The van der Waals surface area contributed by atoms with Gasteiger partial charge in [-0.05, 0) is 87.7 Å². The van der Waals surface area contributed by atoms with Crippen LogP contribution in [0.15, 0.2) is 84.1 Å². The molecular formula is C54H72N4O13. The molecule has 0 spiro atoms. The average molecular weight is 985 g/mol. The van der Waals surface area contributed by atoms with Gasteiger partial charge < -0.3 is 58.5 Å². The van der Waals surface area contributed by atoms with E-state index in [1.54, 1.807) is 43.6 Å². The first kappa shape index (κ1) is 52.8. The summed E-state index contributed by atoms with van der Waals surface area (Å²) < 4.78 is 44.8. The molecule has 17 atom stereocenters. The molecule has 4 aromatic rings. The van der Waals surface area contributed by atoms with Gasteiger partial charge in [0.1, 0.15) is 36.2 Å². The second kappa shape index (κ2) is 22.7. The molecule has 0 radical (unpaired) electrons. The second-order valence-corrected chi connectivity index (χ2v) is 20.2. The first-order valence-electron chi connectivity index (χ1n) is 25.0. The maximum Gasteiger partial charge on any atom is 0.308 e. The molecule has 2 saturated heterocycles. The standard InChI is InChI=1S/C54H72N4O13/c1-10-42-34(27-67-54-52(66-9)51(65-8)48(63)31(5)69-54)21-28(2)22-39-44(41(59)25-43(60)70-42)50(71-53-49(64)45(57(6)7)47(62)30(4)68-53)33(23-29(3)46(39)61)19-20-58-26-40(55-56-58)38-24-32-15-11-12-16-35(32)36-17-13-14-18-37(36)38/h11-18,21-22,24,26,29-31,33-34,41-42,44-45,47-54,59,62-64H,10,19-20,23,25,27H2,1-9H3/b28-21+,39-22+/t29-,30-,31?,33+,34-,41-,42-,44+,45?,47?,48?,49?,50+,51?,52?,53+,54?/m1/s1. The van der Waals surface area contributed by atoms with Gasteiger partial charge in [-0.3, -0.25) is 14.3 Å². The van der Waals surface area contributed by atoms with Crippen LogP contribution in [0.25, 0.3) is 32.8 Å². The van der Waals surface area contributed by atoms with Gasteiger partial charge in [0.2, 0.25) is 0 Å². The zero-order valence-corrected chi connectivity index (χ0v) is 42.2. The van der Waals surface area contributed by atoms with Crippen molar-refractivity contribution in [1.29, 1.82) is 0 Å². The first-order chi connectivity index (χ1) is 34.0. The molecule has 0 bridgehead atoms. The number of aliphatic hydroxyl groups is 4. The minimum atomic E-state index is -1.47. The van der Waals surface area contributed by atoms with Crippen LogP contribution in [-0.4, -0.2) is 167 Å². The van der Waals surface area contributed by atoms with Crippen molar-refractivity contribution in [3.63, 3.8) is 0 Å². The Bertz CT molecular complexity index is 2550. The van der Waals surface area contributed by atoms with Crippen LogP contribution in [0.2, 0.25) is 0 Å². The number of carbonyl (C=O) groups excluding carboxylic acids is 2. The number of allylic oxidation sites excluding steroid dienone is 2. The number of rotatable bonds is 13. The zero-order chi connectivity index (χ0) is 50.8. The van der Waals surface area contributed by atoms with Gasteiger partial charge in [-0.2, -0.15) is 0 Å². The highest BCUT2D eigenvalue weighted by Gasteiger charge is 2.51. The topological polar surface area (TPSA) is 214 Å². The van der Waals surface area contributed by atoms with Gasteiger partial charge in [0.05, 0.1) is 55.8 Å². The van der Waals surface area contributed by atoms with E-state index in [1.165, 1.54) is 14.2 Å². The predicted octanol–water partition coefficient (Wildman–Crippen LogP) is 4.99. The molecule has 1 aliphatic carbocycles. The van der Waals surface area contributed by atoms with E-state index in [1.807, 2.05) is 57.3 Å². The molecule has 386 valence electrons. The van der Waals surface area contributed by atoms with Crippen LogP contribution in [-0.2, 0) is 49.3 Å². The minimum absolute atomic E-state index is 0.00922. The van der Waals surface area contributed by atoms with Crippen molar-refractivity contribution in [3.05, 3.63) is 84.1 Å². The molecule has 4 heterocycles. The summed E-state index contributed by atoms with van der Waals surface area (Å²) in [4.78, 5) is 30.8. The van der Waals surface area contributed by atoms with E-state index in [2.05, 4.69) is 40.6 Å². The highest BCUT2D eigenvalue weighted by Crippen LogP contribution is 2.43. The fourth-order valence-electron chi connectivity index (χ4n) is 11.4. The number of Topliss-reactive ketones (excluding diaryl/α,β-unsaturated/α-hetero) is 1. The quantitative estimate of drug-likeness (QED) is 0.103. The zero-order valence-electron chi connectivity index (χ0n) is 42.2. The van der Waals surface area contributed by atoms with E-state index < -0.39 is 116 Å². The number of aromatic nitrogens is 3. The number of hydrogen-bond acceptors (Lipinski definition) is 16. The van der Waals surface area contributed by atoms with E-state index in [9.17, 15) is 30.0 Å². The number of ketones is 1. The Kier molecular flexibility index (Phi) is 16.9. The van der Waals surface area contributed by atoms with E-state index in [4.69, 9.17) is 33.2 Å². The maximum atomic E-state index is 14.9. The number of ether oxygens (including phenoxy) is 7. The van der Waals surface area contributed by atoms with Gasteiger partial charge in [-0.1, -0.05) is 85.3 Å². The van der Waals surface area contributed by atoms with Crippen molar-refractivity contribution in [2.24, 2.45) is 23.7 Å². The van der Waals surface area contributed by atoms with Gasteiger partial charge in [0.15, 0.2) is 18.4 Å². The predicted molar refractivity (Wildman–Crippen MR) is 264 cm³/mol. The Morgan fingerprint density at radius 1 is 0.845 bits per heavy atom. The van der Waals surface area contributed by atoms with Crippen LogP contribution >= 0.6 is 0 Å². The Labute approximate surface area is 415 Å². The molecule has 3 aromatic carbocycles. The summed E-state index contributed by atoms with van der Waals surface area (Å²) in [5.74, 6) is -3.54. The number of likely N-dealkylation sites (N-methyl/N-ethyl adjacent to an activating group) is 1. The normalized spacial score (nSPS) is 36.8. The van der Waals surface area contributed by atoms with Crippen molar-refractivity contribution >= 4 is 33.3 Å². The number of aliphatic hydroxyl groups excluding tert-OH is 4. The highest BCUT2D eigenvalue weighted by atomic mass is 16.7. The number of methoxy groups -OCH3 is 2. The lowest BCUT2D eigenvalue weighted by molar-refractivity contribution is -0.304. The molecule has 1 saturated carbocycles. The highest BCUT2D eigenvalue weighted by molar-refractivity contribution is 6.13. The Morgan fingerprint density at radius 2 is 1.52 bits per heavy atom. The number of fused-ring (bicyclic) bond motifs is 4. The van der Waals surface area contributed by atoms with Crippen molar-refractivity contribution in [1.82, 2.24) is 19.9 Å². The fraction of sp³-hybridized carbons (Fsp3) is 0.593. The summed E-state index contributed by atoms with van der Waals surface area (Å²) in [5.41, 5.74) is 2.56. The lowest BCUT2D eigenvalue weighted by atomic mass is 9.79. The van der Waals surface area contributed by atoms with Crippen molar-refractivity contribution in [3.8, 4) is 11.3 Å². The number of hydrogen-bond donors (Lipinski definition) is 4. The molecule has 4 N–H and O–H groups in total. The molecule has 17 heteroatoms. The van der Waals surface area contributed by atoms with Crippen molar-refractivity contribution in [2.75, 3.05) is 34.9 Å². The summed E-state index contributed by atoms with van der Waals surface area (Å²) >= 11 is 0. The van der Waals surface area contributed by atoms with Crippen LogP contribution in [0, 0.1) is 23.7 Å². The van der Waals surface area contributed by atoms with Crippen molar-refractivity contribution in [2.45, 2.75) is 147 Å². The third-order valence-electron chi connectivity index (χ3n) is 15.1. The van der Waals surface area contributed by atoms with Crippen LogP contribution < -0.4 is 0 Å². The SMILES string of the molecule is CC[C@H]1OC(=O)C[C@@H](O)[C@@H]2/C(=C\C(C)=C\[C@@H]1COC1OC(C)C(O)C(OC)C1OC)C(=O)[C@H](C)C[C@H](CCn1cc(-c3cc4ccccc4c4ccccc34)nn1)[C@@H]2O[C@@H]1O[C@H](C)C(O)C(N(C)C)C1O. The molecule has 3 aliphatic heterocycles. The van der Waals surface area contributed by atoms with Crippen LogP contribution in [0.1, 0.15) is 60.3 Å². The van der Waals surface area contributed by atoms with E-state index in [-0.39, 0.29) is 18.0 Å². The number of aryl methyl sites for hydroxylation is 1. The average Bonchev–Trinajstić information content (AvgIpc) is 3.79. The van der Waals surface area contributed by atoms with Gasteiger partial charge in [0, 0.05) is 49.7 Å². The molecular weight excluding hydrogens is 913 g/mol. The third kappa shape index (κ3) is 11.1. The van der Waals surface area contributed by atoms with E-state index >= 15 is 0 Å². The summed E-state index contributed by atoms with van der Waals surface area (Å²) in [6, 6.07) is 17.8. The van der Waals surface area contributed by atoms with Crippen LogP contribution in [0.4, 0.5) is 0 Å². The van der Waals surface area contributed by atoms with Crippen molar-refractivity contribution < 1.29 is 63.2 Å². The Hall–Kier alpha value is -4.50. The third-order valence-corrected chi connectivity index (χ3v) is 15.1. The molecule has 71 heavy (non-hydrogen) atoms. The summed E-state index contributed by atoms with van der Waals surface area (Å²) in [6.07, 6.45) is -5.34. The number of cyclic esters (lactones) is 1. The lowest BCUT2D eigenvalue weighted by Crippen LogP contribution is -2.63. The van der Waals surface area contributed by atoms with Gasteiger partial charge in [-0.25, -0.2) is 0 Å². The molecule has 8 unspecified atom stereocenters. The molecule has 3 fully saturated rings. The summed E-state index contributed by atoms with van der Waals surface area (Å²) in [6.45, 7) is 9.38. The first-order valence-corrected chi connectivity index (χ1v) is 25.0. The fourth-order valence-corrected chi connectivity index (χ4v) is 11.4. The van der Waals surface area contributed by atoms with E-state index in [0.717, 1.165) is 27.1 Å². The van der Waals surface area contributed by atoms with Crippen LogP contribution in [0.5, 0.6) is 0 Å². The summed E-state index contributed by atoms with van der Waals surface area (Å²) in [7, 11) is 6.48. The lowest BCUT2D eigenvalue weighted by Gasteiger charge is -2.46. The minimum Gasteiger partial charge on any atom is -0.462 e. The number of esters is 1. The smallest absolute Gasteiger partial charge is 0.308 e. The number of nitrogens with zero attached hydrogens (tertiary/aromatic N) is 4. The van der Waals surface area contributed by atoms with Gasteiger partial charge in [0.25, 0.3) is 0 Å². The molecule has 4 aliphatic rings. The molecule has 17 nitrogen and oxygen atoms in total. The molecule has 8 rings (SSSR count). The number of carbonyl (C=O) groups is 2. The van der Waals surface area contributed by atoms with Gasteiger partial charge in [-0.15, -0.1) is 5.10 Å². The number of benzene rings is 3. The molecule has 0 amide bonds. The Balaban J connectivity index is 1.15. The van der Waals surface area contributed by atoms with E-state index in [0.29, 0.717) is 37.1 Å². The van der Waals surface area contributed by atoms with Gasteiger partial charge >= 0.3 is 5.97 Å². The second-order valence-electron chi connectivity index (χ2n) is 20.2.